The van der Waals surface area contributed by atoms with Crippen LogP contribution in [0.25, 0.3) is 21.9 Å². The molecule has 0 unspecified atom stereocenters. The van der Waals surface area contributed by atoms with Gasteiger partial charge < -0.3 is 25.3 Å². The second-order valence-corrected chi connectivity index (χ2v) is 9.73. The molecule has 1 saturated carbocycles. The molecule has 4 heterocycles. The lowest BCUT2D eigenvalue weighted by molar-refractivity contribution is 0.00545. The van der Waals surface area contributed by atoms with Crippen LogP contribution in [0.3, 0.4) is 0 Å². The maximum Gasteiger partial charge on any atom is 0.145 e. The largest absolute Gasteiger partial charge is 0.489 e. The van der Waals surface area contributed by atoms with Gasteiger partial charge in [-0.1, -0.05) is 12.1 Å². The van der Waals surface area contributed by atoms with E-state index in [-0.39, 0.29) is 18.1 Å². The van der Waals surface area contributed by atoms with E-state index < -0.39 is 12.2 Å². The molecular formula is C26H29N5O3. The molecule has 176 valence electrons. The van der Waals surface area contributed by atoms with E-state index >= 15 is 0 Å². The summed E-state index contributed by atoms with van der Waals surface area (Å²) < 4.78 is 7.87. The topological polar surface area (TPSA) is 119 Å². The molecule has 0 radical (unpaired) electrons. The van der Waals surface area contributed by atoms with Gasteiger partial charge in [-0.3, -0.25) is 0 Å². The molecule has 1 aromatic carbocycles. The molecule has 5 atom stereocenters. The number of pyridine rings is 1. The van der Waals surface area contributed by atoms with Crippen LogP contribution in [0, 0.1) is 5.92 Å². The third-order valence-corrected chi connectivity index (χ3v) is 7.51. The SMILES string of the molecule is C[C@H]1CCc2nc3cc(CC[C@H]4C[C@@H](n5ccc6c(N)ncnc65)[C@H](O)[C@@H]4O)ccc3cc2O1. The lowest BCUT2D eigenvalue weighted by Gasteiger charge is -2.23. The number of aryl methyl sites for hydroxylation is 2. The summed E-state index contributed by atoms with van der Waals surface area (Å²) in [4.78, 5) is 13.2. The number of fused-ring (bicyclic) bond motifs is 3. The van der Waals surface area contributed by atoms with E-state index in [4.69, 9.17) is 15.5 Å². The number of aliphatic hydroxyl groups excluding tert-OH is 2. The molecule has 0 bridgehead atoms. The molecule has 0 saturated heterocycles. The first-order valence-corrected chi connectivity index (χ1v) is 12.0. The first kappa shape index (κ1) is 21.3. The highest BCUT2D eigenvalue weighted by molar-refractivity contribution is 5.86. The van der Waals surface area contributed by atoms with E-state index in [0.29, 0.717) is 17.9 Å². The second kappa shape index (κ2) is 8.21. The minimum atomic E-state index is -0.857. The molecule has 4 aromatic rings. The van der Waals surface area contributed by atoms with E-state index in [1.54, 1.807) is 0 Å². The Bertz CT molecular complexity index is 1370. The fourth-order valence-electron chi connectivity index (χ4n) is 5.56. The van der Waals surface area contributed by atoms with Crippen LogP contribution in [0.1, 0.15) is 43.5 Å². The molecule has 6 rings (SSSR count). The van der Waals surface area contributed by atoms with Gasteiger partial charge in [-0.05, 0) is 68.7 Å². The summed E-state index contributed by atoms with van der Waals surface area (Å²) in [6.45, 7) is 2.09. The Hall–Kier alpha value is -3.23. The van der Waals surface area contributed by atoms with Gasteiger partial charge >= 0.3 is 0 Å². The minimum absolute atomic E-state index is 0.0151. The predicted octanol–water partition coefficient (Wildman–Crippen LogP) is 3.19. The first-order chi connectivity index (χ1) is 16.5. The zero-order chi connectivity index (χ0) is 23.4. The number of aromatic nitrogens is 4. The third kappa shape index (κ3) is 3.58. The minimum Gasteiger partial charge on any atom is -0.489 e. The van der Waals surface area contributed by atoms with Crippen LogP contribution in [0.2, 0.25) is 0 Å². The monoisotopic (exact) mass is 459 g/mol. The van der Waals surface area contributed by atoms with Crippen LogP contribution in [-0.4, -0.2) is 48.0 Å². The van der Waals surface area contributed by atoms with Crippen LogP contribution in [-0.2, 0) is 12.8 Å². The van der Waals surface area contributed by atoms with E-state index in [9.17, 15) is 10.2 Å². The average molecular weight is 460 g/mol. The van der Waals surface area contributed by atoms with Crippen molar-refractivity contribution in [3.05, 3.63) is 54.1 Å². The highest BCUT2D eigenvalue weighted by atomic mass is 16.5. The number of anilines is 1. The lowest BCUT2D eigenvalue weighted by atomic mass is 9.95. The van der Waals surface area contributed by atoms with Crippen molar-refractivity contribution >= 4 is 27.8 Å². The summed E-state index contributed by atoms with van der Waals surface area (Å²) in [6.07, 6.45) is 6.09. The number of nitrogens with zero attached hydrogens (tertiary/aromatic N) is 4. The number of ether oxygens (including phenoxy) is 1. The smallest absolute Gasteiger partial charge is 0.145 e. The Morgan fingerprint density at radius 3 is 2.91 bits per heavy atom. The van der Waals surface area contributed by atoms with Gasteiger partial charge in [0.05, 0.1) is 34.8 Å². The molecule has 8 nitrogen and oxygen atoms in total. The Morgan fingerprint density at radius 2 is 2.03 bits per heavy atom. The summed E-state index contributed by atoms with van der Waals surface area (Å²) in [5.74, 6) is 1.30. The quantitative estimate of drug-likeness (QED) is 0.429. The van der Waals surface area contributed by atoms with Gasteiger partial charge in [-0.15, -0.1) is 0 Å². The van der Waals surface area contributed by atoms with E-state index in [1.165, 1.54) is 11.9 Å². The standard InChI is InChI=1S/C26H29N5O3/c1-14-2-7-19-22(34-14)12-16-5-3-15(10-20(16)30-19)4-6-17-11-21(24(33)23(17)32)31-9-8-18-25(27)28-13-29-26(18)31/h3,5,8-10,12-14,17,21,23-24,32-33H,2,4,6-7,11H2,1H3,(H2,27,28,29)/t14-,17-,21+,23+,24-/m0/s1. The number of benzene rings is 1. The van der Waals surface area contributed by atoms with Crippen LogP contribution < -0.4 is 10.5 Å². The molecule has 1 aliphatic carbocycles. The summed E-state index contributed by atoms with van der Waals surface area (Å²) in [5.41, 5.74) is 9.85. The number of hydrogen-bond donors (Lipinski definition) is 3. The van der Waals surface area contributed by atoms with Crippen molar-refractivity contribution in [1.29, 1.82) is 0 Å². The van der Waals surface area contributed by atoms with Crippen LogP contribution >= 0.6 is 0 Å². The molecule has 34 heavy (non-hydrogen) atoms. The van der Waals surface area contributed by atoms with Gasteiger partial charge in [-0.25, -0.2) is 15.0 Å². The molecule has 0 spiro atoms. The fraction of sp³-hybridized carbons (Fsp3) is 0.423. The van der Waals surface area contributed by atoms with Gasteiger partial charge in [0.15, 0.2) is 0 Å². The van der Waals surface area contributed by atoms with Gasteiger partial charge in [0, 0.05) is 11.6 Å². The molecule has 1 aliphatic heterocycles. The second-order valence-electron chi connectivity index (χ2n) is 9.73. The first-order valence-electron chi connectivity index (χ1n) is 12.0. The number of nitrogens with two attached hydrogens (primary N) is 1. The van der Waals surface area contributed by atoms with Crippen LogP contribution in [0.15, 0.2) is 42.9 Å². The Morgan fingerprint density at radius 1 is 1.15 bits per heavy atom. The summed E-state index contributed by atoms with van der Waals surface area (Å²) in [6, 6.07) is 10.1. The number of rotatable bonds is 4. The molecule has 0 amide bonds. The molecule has 1 fully saturated rings. The number of nitrogen functional groups attached to an aromatic ring is 1. The van der Waals surface area contributed by atoms with Crippen molar-refractivity contribution in [2.75, 3.05) is 5.73 Å². The van der Waals surface area contributed by atoms with Crippen LogP contribution in [0.5, 0.6) is 5.75 Å². The van der Waals surface area contributed by atoms with Gasteiger partial charge in [0.25, 0.3) is 0 Å². The van der Waals surface area contributed by atoms with E-state index in [1.807, 2.05) is 16.8 Å². The van der Waals surface area contributed by atoms with Gasteiger partial charge in [-0.2, -0.15) is 0 Å². The van der Waals surface area contributed by atoms with Gasteiger partial charge in [0.2, 0.25) is 0 Å². The fourth-order valence-corrected chi connectivity index (χ4v) is 5.56. The highest BCUT2D eigenvalue weighted by Crippen LogP contribution is 2.40. The molecule has 3 aromatic heterocycles. The van der Waals surface area contributed by atoms with Crippen molar-refractivity contribution in [2.24, 2.45) is 5.92 Å². The Kier molecular flexibility index (Phi) is 5.15. The van der Waals surface area contributed by atoms with Crippen molar-refractivity contribution in [3.8, 4) is 5.75 Å². The van der Waals surface area contributed by atoms with E-state index in [0.717, 1.165) is 53.4 Å². The lowest BCUT2D eigenvalue weighted by Crippen LogP contribution is -2.29. The predicted molar refractivity (Wildman–Crippen MR) is 130 cm³/mol. The third-order valence-electron chi connectivity index (χ3n) is 7.51. The average Bonchev–Trinajstić information content (AvgIpc) is 3.38. The zero-order valence-corrected chi connectivity index (χ0v) is 19.1. The normalized spacial score (nSPS) is 26.6. The van der Waals surface area contributed by atoms with E-state index in [2.05, 4.69) is 41.2 Å². The molecule has 2 aliphatic rings. The summed E-state index contributed by atoms with van der Waals surface area (Å²) in [7, 11) is 0. The summed E-state index contributed by atoms with van der Waals surface area (Å²) in [5, 5.41) is 23.5. The molecule has 8 heteroatoms. The van der Waals surface area contributed by atoms with Crippen molar-refractivity contribution in [2.45, 2.75) is 63.4 Å². The van der Waals surface area contributed by atoms with Crippen LogP contribution in [0.4, 0.5) is 5.82 Å². The highest BCUT2D eigenvalue weighted by Gasteiger charge is 2.42. The number of hydrogen-bond acceptors (Lipinski definition) is 7. The summed E-state index contributed by atoms with van der Waals surface area (Å²) >= 11 is 0. The van der Waals surface area contributed by atoms with Crippen molar-refractivity contribution < 1.29 is 14.9 Å². The Balaban J connectivity index is 1.19. The zero-order valence-electron chi connectivity index (χ0n) is 19.1. The van der Waals surface area contributed by atoms with Crippen molar-refractivity contribution in [1.82, 2.24) is 19.5 Å². The molecular weight excluding hydrogens is 430 g/mol. The van der Waals surface area contributed by atoms with Crippen molar-refractivity contribution in [3.63, 3.8) is 0 Å². The van der Waals surface area contributed by atoms with Gasteiger partial charge in [0.1, 0.15) is 29.6 Å². The number of aliphatic hydroxyl groups is 2. The Labute approximate surface area is 197 Å². The maximum absolute atomic E-state index is 10.8. The molecule has 4 N–H and O–H groups in total. The maximum atomic E-state index is 10.8.